The predicted octanol–water partition coefficient (Wildman–Crippen LogP) is 2.09. The molecule has 0 bridgehead atoms. The SMILES string of the molecule is CNS(=O)(=O)c1ccc(Cl)c(C(=O)Nc2cnc3c(c2)c(C)nn3C)c1. The van der Waals surface area contributed by atoms with Crippen LogP contribution in [0.15, 0.2) is 35.4 Å². The van der Waals surface area contributed by atoms with E-state index < -0.39 is 15.9 Å². The van der Waals surface area contributed by atoms with Crippen molar-refractivity contribution in [3.8, 4) is 0 Å². The van der Waals surface area contributed by atoms with Crippen molar-refractivity contribution in [2.45, 2.75) is 11.8 Å². The number of fused-ring (bicyclic) bond motifs is 1. The molecule has 1 amide bonds. The van der Waals surface area contributed by atoms with Gasteiger partial charge in [0.2, 0.25) is 10.0 Å². The van der Waals surface area contributed by atoms with Crippen LogP contribution in [0.5, 0.6) is 0 Å². The van der Waals surface area contributed by atoms with E-state index in [1.165, 1.54) is 31.4 Å². The van der Waals surface area contributed by atoms with Crippen LogP contribution in [0.25, 0.3) is 11.0 Å². The second-order valence-corrected chi connectivity index (χ2v) is 7.90. The van der Waals surface area contributed by atoms with Crippen LogP contribution in [-0.4, -0.2) is 36.1 Å². The summed E-state index contributed by atoms with van der Waals surface area (Å²) in [7, 11) is -0.609. The molecular formula is C16H16ClN5O3S. The summed E-state index contributed by atoms with van der Waals surface area (Å²) >= 11 is 6.07. The normalized spacial score (nSPS) is 11.7. The smallest absolute Gasteiger partial charge is 0.257 e. The molecule has 1 aromatic carbocycles. The molecule has 3 aromatic rings. The molecule has 0 unspecified atom stereocenters. The molecule has 2 aromatic heterocycles. The van der Waals surface area contributed by atoms with Gasteiger partial charge in [-0.15, -0.1) is 0 Å². The molecule has 10 heteroatoms. The number of rotatable bonds is 4. The van der Waals surface area contributed by atoms with Gasteiger partial charge < -0.3 is 5.32 Å². The summed E-state index contributed by atoms with van der Waals surface area (Å²) in [6.45, 7) is 1.85. The van der Waals surface area contributed by atoms with E-state index in [9.17, 15) is 13.2 Å². The minimum Gasteiger partial charge on any atom is -0.321 e. The van der Waals surface area contributed by atoms with Crippen LogP contribution in [0.2, 0.25) is 5.02 Å². The number of benzene rings is 1. The first-order valence-corrected chi connectivity index (χ1v) is 9.43. The molecule has 0 radical (unpaired) electrons. The molecule has 0 atom stereocenters. The molecule has 26 heavy (non-hydrogen) atoms. The third-order valence-electron chi connectivity index (χ3n) is 3.88. The lowest BCUT2D eigenvalue weighted by Gasteiger charge is -2.09. The molecule has 2 heterocycles. The van der Waals surface area contributed by atoms with Gasteiger partial charge in [0.05, 0.1) is 33.1 Å². The number of hydrogen-bond donors (Lipinski definition) is 2. The molecule has 0 aliphatic heterocycles. The number of amides is 1. The number of hydrogen-bond acceptors (Lipinski definition) is 5. The summed E-state index contributed by atoms with van der Waals surface area (Å²) < 4.78 is 27.7. The highest BCUT2D eigenvalue weighted by Crippen LogP contribution is 2.23. The number of aryl methyl sites for hydroxylation is 2. The van der Waals surface area contributed by atoms with Crippen LogP contribution in [0.1, 0.15) is 16.1 Å². The topological polar surface area (TPSA) is 106 Å². The Bertz CT molecular complexity index is 1120. The Morgan fingerprint density at radius 2 is 2.00 bits per heavy atom. The lowest BCUT2D eigenvalue weighted by Crippen LogP contribution is -2.20. The number of sulfonamides is 1. The Morgan fingerprint density at radius 1 is 1.27 bits per heavy atom. The number of pyridine rings is 1. The third-order valence-corrected chi connectivity index (χ3v) is 5.62. The first-order valence-electron chi connectivity index (χ1n) is 7.56. The first kappa shape index (κ1) is 18.3. The molecule has 8 nitrogen and oxygen atoms in total. The molecule has 3 rings (SSSR count). The highest BCUT2D eigenvalue weighted by molar-refractivity contribution is 7.89. The molecule has 136 valence electrons. The minimum atomic E-state index is -3.69. The van der Waals surface area contributed by atoms with Crippen molar-refractivity contribution in [2.24, 2.45) is 7.05 Å². The first-order chi connectivity index (χ1) is 12.2. The highest BCUT2D eigenvalue weighted by atomic mass is 35.5. The van der Waals surface area contributed by atoms with E-state index in [0.717, 1.165) is 11.1 Å². The van der Waals surface area contributed by atoms with Crippen molar-refractivity contribution in [3.05, 3.63) is 46.7 Å². The van der Waals surface area contributed by atoms with Gasteiger partial charge in [0, 0.05) is 12.4 Å². The Kier molecular flexibility index (Phi) is 4.70. The van der Waals surface area contributed by atoms with Crippen LogP contribution in [0.4, 0.5) is 5.69 Å². The third kappa shape index (κ3) is 3.28. The fourth-order valence-electron chi connectivity index (χ4n) is 2.54. The van der Waals surface area contributed by atoms with Crippen LogP contribution in [0, 0.1) is 6.92 Å². The van der Waals surface area contributed by atoms with Gasteiger partial charge in [0.25, 0.3) is 5.91 Å². The Morgan fingerprint density at radius 3 is 2.69 bits per heavy atom. The number of nitrogens with one attached hydrogen (secondary N) is 2. The van der Waals surface area contributed by atoms with Gasteiger partial charge in [-0.05, 0) is 38.2 Å². The van der Waals surface area contributed by atoms with Crippen LogP contribution in [0.3, 0.4) is 0 Å². The molecule has 0 saturated carbocycles. The van der Waals surface area contributed by atoms with E-state index in [0.29, 0.717) is 11.3 Å². The van der Waals surface area contributed by atoms with Crippen molar-refractivity contribution in [2.75, 3.05) is 12.4 Å². The molecule has 0 fully saturated rings. The number of aromatic nitrogens is 3. The Labute approximate surface area is 155 Å². The van der Waals surface area contributed by atoms with E-state index in [4.69, 9.17) is 11.6 Å². The average Bonchev–Trinajstić information content (AvgIpc) is 2.89. The maximum Gasteiger partial charge on any atom is 0.257 e. The molecule has 2 N–H and O–H groups in total. The summed E-state index contributed by atoms with van der Waals surface area (Å²) in [5.74, 6) is -0.536. The maximum absolute atomic E-state index is 12.6. The summed E-state index contributed by atoms with van der Waals surface area (Å²) in [6.07, 6.45) is 1.50. The Hall–Kier alpha value is -2.49. The fraction of sp³-hybridized carbons (Fsp3) is 0.188. The lowest BCUT2D eigenvalue weighted by molar-refractivity contribution is 0.102. The number of carbonyl (C=O) groups is 1. The van der Waals surface area contributed by atoms with Gasteiger partial charge >= 0.3 is 0 Å². The second-order valence-electron chi connectivity index (χ2n) is 5.61. The van der Waals surface area contributed by atoms with E-state index >= 15 is 0 Å². The minimum absolute atomic E-state index is 0.0472. The molecule has 0 aliphatic rings. The monoisotopic (exact) mass is 393 g/mol. The number of anilines is 1. The molecule has 0 saturated heterocycles. The zero-order valence-corrected chi connectivity index (χ0v) is 15.8. The van der Waals surface area contributed by atoms with Gasteiger partial charge in [-0.25, -0.2) is 18.1 Å². The largest absolute Gasteiger partial charge is 0.321 e. The quantitative estimate of drug-likeness (QED) is 0.706. The van der Waals surface area contributed by atoms with Gasteiger partial charge in [-0.2, -0.15) is 5.10 Å². The number of carbonyl (C=O) groups excluding carboxylic acids is 1. The molecule has 0 spiro atoms. The summed E-state index contributed by atoms with van der Waals surface area (Å²) in [6, 6.07) is 5.68. The van der Waals surface area contributed by atoms with Gasteiger partial charge in [-0.3, -0.25) is 9.48 Å². The van der Waals surface area contributed by atoms with Gasteiger partial charge in [0.1, 0.15) is 0 Å². The van der Waals surface area contributed by atoms with E-state index in [1.54, 1.807) is 17.8 Å². The van der Waals surface area contributed by atoms with Crippen molar-refractivity contribution >= 4 is 44.3 Å². The van der Waals surface area contributed by atoms with Crippen molar-refractivity contribution in [3.63, 3.8) is 0 Å². The van der Waals surface area contributed by atoms with E-state index in [2.05, 4.69) is 20.1 Å². The Balaban J connectivity index is 1.95. The highest BCUT2D eigenvalue weighted by Gasteiger charge is 2.18. The van der Waals surface area contributed by atoms with Crippen LogP contribution in [-0.2, 0) is 17.1 Å². The van der Waals surface area contributed by atoms with Crippen LogP contribution >= 0.6 is 11.6 Å². The predicted molar refractivity (Wildman–Crippen MR) is 98.9 cm³/mol. The van der Waals surface area contributed by atoms with Gasteiger partial charge in [-0.1, -0.05) is 11.6 Å². The van der Waals surface area contributed by atoms with Crippen molar-refractivity contribution in [1.29, 1.82) is 0 Å². The average molecular weight is 394 g/mol. The lowest BCUT2D eigenvalue weighted by atomic mass is 10.2. The number of halogens is 1. The van der Waals surface area contributed by atoms with E-state index in [-0.39, 0.29) is 15.5 Å². The van der Waals surface area contributed by atoms with Gasteiger partial charge in [0.15, 0.2) is 5.65 Å². The van der Waals surface area contributed by atoms with Crippen molar-refractivity contribution in [1.82, 2.24) is 19.5 Å². The van der Waals surface area contributed by atoms with Crippen molar-refractivity contribution < 1.29 is 13.2 Å². The maximum atomic E-state index is 12.6. The zero-order chi connectivity index (χ0) is 19.1. The molecular weight excluding hydrogens is 378 g/mol. The molecule has 0 aliphatic carbocycles. The standard InChI is InChI=1S/C16H16ClN5O3S/c1-9-12-6-10(8-19-15(12)22(3)21-9)20-16(23)13-7-11(4-5-14(13)17)26(24,25)18-2/h4-8,18H,1-3H3,(H,20,23). The van der Waals surface area contributed by atoms with E-state index in [1.807, 2.05) is 6.92 Å². The summed E-state index contributed by atoms with van der Waals surface area (Å²) in [4.78, 5) is 16.8. The zero-order valence-electron chi connectivity index (χ0n) is 14.2. The summed E-state index contributed by atoms with van der Waals surface area (Å²) in [5, 5.41) is 7.91. The number of nitrogens with zero attached hydrogens (tertiary/aromatic N) is 3. The fourth-order valence-corrected chi connectivity index (χ4v) is 3.50. The second kappa shape index (κ2) is 6.67. The summed E-state index contributed by atoms with van der Waals surface area (Å²) in [5.41, 5.74) is 1.98. The van der Waals surface area contributed by atoms with Crippen LogP contribution < -0.4 is 10.0 Å².